The second-order valence-electron chi connectivity index (χ2n) is 8.11. The van der Waals surface area contributed by atoms with Crippen LogP contribution in [0.15, 0.2) is 47.6 Å². The van der Waals surface area contributed by atoms with E-state index in [4.69, 9.17) is 16.3 Å². The summed E-state index contributed by atoms with van der Waals surface area (Å²) in [4.78, 5) is 12.6. The predicted octanol–water partition coefficient (Wildman–Crippen LogP) is 5.90. The molecule has 1 aromatic heterocycles. The number of hydrogen-bond donors (Lipinski definition) is 1. The average molecular weight is 473 g/mol. The summed E-state index contributed by atoms with van der Waals surface area (Å²) in [6, 6.07) is 13.5. The third kappa shape index (κ3) is 6.74. The quantitative estimate of drug-likeness (QED) is 0.372. The summed E-state index contributed by atoms with van der Waals surface area (Å²) < 4.78 is 7.91. The fraction of sp³-hybridized carbons (Fsp3) is 0.375. The van der Waals surface area contributed by atoms with Crippen molar-refractivity contribution in [1.82, 2.24) is 14.8 Å². The molecule has 0 saturated carbocycles. The van der Waals surface area contributed by atoms with Crippen molar-refractivity contribution in [1.29, 1.82) is 0 Å². The smallest absolute Gasteiger partial charge is 0.234 e. The summed E-state index contributed by atoms with van der Waals surface area (Å²) in [5, 5.41) is 12.8. The third-order valence-electron chi connectivity index (χ3n) is 4.86. The molecule has 0 spiro atoms. The van der Waals surface area contributed by atoms with Crippen molar-refractivity contribution in [3.8, 4) is 5.75 Å². The highest BCUT2D eigenvalue weighted by Crippen LogP contribution is 2.28. The van der Waals surface area contributed by atoms with Gasteiger partial charge in [-0.2, -0.15) is 0 Å². The van der Waals surface area contributed by atoms with E-state index in [1.54, 1.807) is 0 Å². The molecule has 6 nitrogen and oxygen atoms in total. The first-order chi connectivity index (χ1) is 15.3. The van der Waals surface area contributed by atoms with Gasteiger partial charge in [0, 0.05) is 6.54 Å². The van der Waals surface area contributed by atoms with Crippen LogP contribution in [0, 0.1) is 19.8 Å². The molecule has 1 amide bonds. The number of hydrogen-bond acceptors (Lipinski definition) is 5. The number of rotatable bonds is 10. The number of aryl methyl sites for hydroxylation is 2. The van der Waals surface area contributed by atoms with Gasteiger partial charge in [-0.1, -0.05) is 61.5 Å². The highest BCUT2D eigenvalue weighted by atomic mass is 35.5. The zero-order valence-corrected chi connectivity index (χ0v) is 20.5. The molecule has 0 saturated heterocycles. The maximum Gasteiger partial charge on any atom is 0.234 e. The lowest BCUT2D eigenvalue weighted by Crippen LogP contribution is -2.16. The first kappa shape index (κ1) is 24.1. The topological polar surface area (TPSA) is 69.0 Å². The van der Waals surface area contributed by atoms with Gasteiger partial charge in [0.15, 0.2) is 11.0 Å². The van der Waals surface area contributed by atoms with Crippen LogP contribution >= 0.6 is 23.4 Å². The minimum Gasteiger partial charge on any atom is -0.486 e. The molecule has 0 aliphatic heterocycles. The van der Waals surface area contributed by atoms with E-state index in [2.05, 4.69) is 29.4 Å². The Morgan fingerprint density at radius 3 is 2.62 bits per heavy atom. The summed E-state index contributed by atoms with van der Waals surface area (Å²) in [5.41, 5.74) is 2.65. The lowest BCUT2D eigenvalue weighted by atomic mass is 10.1. The van der Waals surface area contributed by atoms with E-state index in [0.717, 1.165) is 35.7 Å². The van der Waals surface area contributed by atoms with Gasteiger partial charge in [0.05, 0.1) is 16.5 Å². The molecule has 2 aromatic carbocycles. The van der Waals surface area contributed by atoms with Crippen LogP contribution in [-0.4, -0.2) is 26.4 Å². The zero-order valence-electron chi connectivity index (χ0n) is 18.9. The monoisotopic (exact) mass is 472 g/mol. The van der Waals surface area contributed by atoms with Crippen molar-refractivity contribution < 1.29 is 9.53 Å². The molecule has 0 unspecified atom stereocenters. The molecule has 8 heteroatoms. The summed E-state index contributed by atoms with van der Waals surface area (Å²) in [6.45, 7) is 9.36. The van der Waals surface area contributed by atoms with Crippen LogP contribution in [0.4, 0.5) is 5.69 Å². The van der Waals surface area contributed by atoms with Crippen molar-refractivity contribution in [2.75, 3.05) is 11.1 Å². The van der Waals surface area contributed by atoms with Crippen LogP contribution in [0.25, 0.3) is 0 Å². The van der Waals surface area contributed by atoms with E-state index < -0.39 is 0 Å². The number of aromatic nitrogens is 3. The molecular formula is C24H29ClN4O2S. The average Bonchev–Trinajstić information content (AvgIpc) is 3.14. The number of nitrogens with zero attached hydrogens (tertiary/aromatic N) is 3. The number of carbonyl (C=O) groups excluding carboxylic acids is 1. The maximum atomic E-state index is 12.6. The Labute approximate surface area is 198 Å². The first-order valence-electron chi connectivity index (χ1n) is 10.6. The highest BCUT2D eigenvalue weighted by molar-refractivity contribution is 7.99. The summed E-state index contributed by atoms with van der Waals surface area (Å²) >= 11 is 7.68. The van der Waals surface area contributed by atoms with Crippen molar-refractivity contribution in [2.45, 2.75) is 52.4 Å². The number of para-hydroxylation sites is 1. The molecule has 0 fully saturated rings. The van der Waals surface area contributed by atoms with Crippen molar-refractivity contribution in [2.24, 2.45) is 5.92 Å². The predicted molar refractivity (Wildman–Crippen MR) is 131 cm³/mol. The number of nitrogens with one attached hydrogen (secondary N) is 1. The van der Waals surface area contributed by atoms with E-state index in [1.807, 2.05) is 60.9 Å². The summed E-state index contributed by atoms with van der Waals surface area (Å²) in [5.74, 6) is 2.14. The molecule has 0 atom stereocenters. The number of ether oxygens (including phenoxy) is 1. The summed E-state index contributed by atoms with van der Waals surface area (Å²) in [6.07, 6.45) is 0.980. The number of anilines is 1. The second-order valence-corrected chi connectivity index (χ2v) is 9.46. The first-order valence-corrected chi connectivity index (χ1v) is 12.0. The normalized spacial score (nSPS) is 11.1. The van der Waals surface area contributed by atoms with Gasteiger partial charge in [-0.3, -0.25) is 4.79 Å². The van der Waals surface area contributed by atoms with Gasteiger partial charge >= 0.3 is 0 Å². The molecule has 0 radical (unpaired) electrons. The van der Waals surface area contributed by atoms with Gasteiger partial charge in [0.25, 0.3) is 0 Å². The largest absolute Gasteiger partial charge is 0.486 e. The van der Waals surface area contributed by atoms with Gasteiger partial charge in [0.1, 0.15) is 12.4 Å². The Hall–Kier alpha value is -2.51. The van der Waals surface area contributed by atoms with Crippen molar-refractivity contribution in [3.05, 3.63) is 64.4 Å². The Kier molecular flexibility index (Phi) is 8.59. The fourth-order valence-corrected chi connectivity index (χ4v) is 4.34. The van der Waals surface area contributed by atoms with Crippen LogP contribution in [0.3, 0.4) is 0 Å². The summed E-state index contributed by atoms with van der Waals surface area (Å²) in [7, 11) is 0. The van der Waals surface area contributed by atoms with Crippen LogP contribution in [0.1, 0.15) is 37.2 Å². The SMILES string of the molecule is Cc1cc(C)c(NC(=O)CSc2nnc(COc3ccccc3)n2CCC(C)C)c(Cl)c1. The van der Waals surface area contributed by atoms with Crippen molar-refractivity contribution >= 4 is 35.0 Å². The van der Waals surface area contributed by atoms with Gasteiger partial charge in [0.2, 0.25) is 5.91 Å². The molecular weight excluding hydrogens is 444 g/mol. The highest BCUT2D eigenvalue weighted by Gasteiger charge is 2.16. The van der Waals surface area contributed by atoms with Gasteiger partial charge in [-0.25, -0.2) is 0 Å². The standard InChI is InChI=1S/C24H29ClN4O2S/c1-16(2)10-11-29-21(14-31-19-8-6-5-7-9-19)27-28-24(29)32-15-22(30)26-23-18(4)12-17(3)13-20(23)25/h5-9,12-13,16H,10-11,14-15H2,1-4H3,(H,26,30). The van der Waals surface area contributed by atoms with Crippen LogP contribution < -0.4 is 10.1 Å². The molecule has 0 aliphatic rings. The maximum absolute atomic E-state index is 12.6. The Morgan fingerprint density at radius 2 is 1.94 bits per heavy atom. The van der Waals surface area contributed by atoms with Gasteiger partial charge in [-0.15, -0.1) is 10.2 Å². The lowest BCUT2D eigenvalue weighted by Gasteiger charge is -2.13. The molecule has 1 heterocycles. The number of benzene rings is 2. The zero-order chi connectivity index (χ0) is 23.1. The Bertz CT molecular complexity index is 1030. The molecule has 32 heavy (non-hydrogen) atoms. The number of halogens is 1. The van der Waals surface area contributed by atoms with E-state index in [-0.39, 0.29) is 11.7 Å². The molecule has 170 valence electrons. The van der Waals surface area contributed by atoms with E-state index in [1.165, 1.54) is 11.8 Å². The molecule has 0 bridgehead atoms. The van der Waals surface area contributed by atoms with E-state index in [0.29, 0.717) is 28.4 Å². The van der Waals surface area contributed by atoms with Crippen molar-refractivity contribution in [3.63, 3.8) is 0 Å². The molecule has 1 N–H and O–H groups in total. The lowest BCUT2D eigenvalue weighted by molar-refractivity contribution is -0.113. The Balaban J connectivity index is 1.67. The molecule has 0 aliphatic carbocycles. The van der Waals surface area contributed by atoms with E-state index >= 15 is 0 Å². The fourth-order valence-electron chi connectivity index (χ4n) is 3.19. The molecule has 3 aromatic rings. The number of thioether (sulfide) groups is 1. The molecule has 3 rings (SSSR count). The van der Waals surface area contributed by atoms with Crippen LogP contribution in [-0.2, 0) is 17.9 Å². The second kappa shape index (κ2) is 11.4. The van der Waals surface area contributed by atoms with Gasteiger partial charge < -0.3 is 14.6 Å². The Morgan fingerprint density at radius 1 is 1.19 bits per heavy atom. The van der Waals surface area contributed by atoms with Crippen LogP contribution in [0.2, 0.25) is 5.02 Å². The van der Waals surface area contributed by atoms with Gasteiger partial charge in [-0.05, 0) is 55.5 Å². The van der Waals surface area contributed by atoms with E-state index in [9.17, 15) is 4.79 Å². The minimum atomic E-state index is -0.135. The minimum absolute atomic E-state index is 0.135. The number of carbonyl (C=O) groups is 1. The third-order valence-corrected chi connectivity index (χ3v) is 6.13. The number of amides is 1. The van der Waals surface area contributed by atoms with Crippen LogP contribution in [0.5, 0.6) is 5.75 Å².